The van der Waals surface area contributed by atoms with Gasteiger partial charge in [-0.1, -0.05) is 79.0 Å². The standard InChI is InChI=1S/C42H46N2O8S2Si3/c1-34(33-50-38-25-21-36(22-26-38)30-42(32-44)54(47,48)40-17-12-9-13-18-40)56(4,5)52-57(6,7)51-55(2,3)28-14-27-49-37-23-19-35(20-24-37)29-41(31-43)53(45,46)39-15-10-8-11-16-39/h8-26,28-30H,1,27,33H2,2-7H3/b28-14+,41-29+,42-30+. The summed E-state index contributed by atoms with van der Waals surface area (Å²) in [5, 5.41) is 20.0. The van der Waals surface area contributed by atoms with Crippen molar-refractivity contribution in [3.05, 3.63) is 154 Å². The minimum Gasteiger partial charge on any atom is -0.490 e. The first kappa shape index (κ1) is 44.6. The zero-order valence-electron chi connectivity index (χ0n) is 32.8. The second-order valence-corrected chi connectivity index (χ2v) is 29.9. The molecule has 0 unspecified atom stereocenters. The highest BCUT2D eigenvalue weighted by Crippen LogP contribution is 2.27. The van der Waals surface area contributed by atoms with Gasteiger partial charge in [0.15, 0.2) is 8.32 Å². The van der Waals surface area contributed by atoms with Crippen LogP contribution >= 0.6 is 0 Å². The van der Waals surface area contributed by atoms with Crippen LogP contribution in [0.25, 0.3) is 12.2 Å². The fraction of sp³-hybridized carbons (Fsp3) is 0.190. The Morgan fingerprint density at radius 1 is 0.632 bits per heavy atom. The Hall–Kier alpha value is -5.11. The third-order valence-electron chi connectivity index (χ3n) is 8.40. The number of nitrogens with zero attached hydrogens (tertiary/aromatic N) is 2. The van der Waals surface area contributed by atoms with Crippen molar-refractivity contribution in [1.29, 1.82) is 10.5 Å². The molecule has 0 atom stereocenters. The highest BCUT2D eigenvalue weighted by Gasteiger charge is 2.40. The Balaban J connectivity index is 1.27. The van der Waals surface area contributed by atoms with Gasteiger partial charge in [-0.25, -0.2) is 16.8 Å². The zero-order chi connectivity index (χ0) is 41.9. The van der Waals surface area contributed by atoms with Gasteiger partial charge < -0.3 is 17.7 Å². The smallest absolute Gasteiger partial charge is 0.311 e. The minimum absolute atomic E-state index is 0.0555. The molecule has 0 aliphatic rings. The molecule has 4 rings (SSSR count). The molecule has 10 nitrogen and oxygen atoms in total. The summed E-state index contributed by atoms with van der Waals surface area (Å²) in [6.07, 6.45) is 4.60. The topological polar surface area (TPSA) is 153 Å². The van der Waals surface area contributed by atoms with E-state index in [9.17, 15) is 27.4 Å². The number of sulfone groups is 2. The lowest BCUT2D eigenvalue weighted by Gasteiger charge is -2.38. The first-order valence-corrected chi connectivity index (χ1v) is 29.5. The van der Waals surface area contributed by atoms with E-state index in [0.29, 0.717) is 29.2 Å². The van der Waals surface area contributed by atoms with Gasteiger partial charge in [-0.05, 0) is 116 Å². The van der Waals surface area contributed by atoms with Crippen molar-refractivity contribution < 1.29 is 34.5 Å². The molecule has 57 heavy (non-hydrogen) atoms. The summed E-state index contributed by atoms with van der Waals surface area (Å²) in [6, 6.07) is 32.9. The van der Waals surface area contributed by atoms with Gasteiger partial charge in [0.05, 0.1) is 9.79 Å². The SMILES string of the molecule is C=C(COc1ccc(/C=C(\C#N)S(=O)(=O)c2ccccc2)cc1)[Si](C)(C)O[Si](C)(C)O[Si](C)(C)/C=C/COc1ccc(/C=C(\C#N)S(=O)(=O)c2ccccc2)cc1. The van der Waals surface area contributed by atoms with E-state index in [1.54, 1.807) is 84.9 Å². The van der Waals surface area contributed by atoms with Crippen molar-refractivity contribution in [2.75, 3.05) is 13.2 Å². The minimum atomic E-state index is -3.94. The summed E-state index contributed by atoms with van der Waals surface area (Å²) in [6.45, 7) is 17.1. The quantitative estimate of drug-likeness (QED) is 0.0700. The molecular weight excluding hydrogens is 809 g/mol. The number of hydrogen-bond donors (Lipinski definition) is 0. The van der Waals surface area contributed by atoms with Gasteiger partial charge in [-0.15, -0.1) is 0 Å². The van der Waals surface area contributed by atoms with Crippen molar-refractivity contribution in [3.8, 4) is 23.6 Å². The van der Waals surface area contributed by atoms with Crippen LogP contribution in [0.3, 0.4) is 0 Å². The number of allylic oxidation sites excluding steroid dienone is 2. The van der Waals surface area contributed by atoms with Crippen molar-refractivity contribution in [3.63, 3.8) is 0 Å². The van der Waals surface area contributed by atoms with E-state index in [1.165, 1.54) is 36.4 Å². The second-order valence-electron chi connectivity index (χ2n) is 14.3. The maximum atomic E-state index is 12.9. The Morgan fingerprint density at radius 3 is 1.47 bits per heavy atom. The van der Waals surface area contributed by atoms with Crippen molar-refractivity contribution in [2.45, 2.75) is 49.1 Å². The fourth-order valence-electron chi connectivity index (χ4n) is 5.61. The lowest BCUT2D eigenvalue weighted by molar-refractivity contribution is 0.349. The molecule has 0 spiro atoms. The molecule has 0 radical (unpaired) electrons. The fourth-order valence-corrected chi connectivity index (χ4v) is 20.4. The van der Waals surface area contributed by atoms with Gasteiger partial charge in [0.1, 0.15) is 46.7 Å². The molecule has 0 heterocycles. The highest BCUT2D eigenvalue weighted by atomic mass is 32.2. The molecule has 0 aliphatic carbocycles. The maximum Gasteiger partial charge on any atom is 0.311 e. The van der Waals surface area contributed by atoms with E-state index in [1.807, 2.05) is 31.3 Å². The monoisotopic (exact) mass is 854 g/mol. The van der Waals surface area contributed by atoms with Crippen molar-refractivity contribution in [2.24, 2.45) is 0 Å². The predicted molar refractivity (Wildman–Crippen MR) is 231 cm³/mol. The normalized spacial score (nSPS) is 13.1. The van der Waals surface area contributed by atoms with Crippen LogP contribution in [0, 0.1) is 22.7 Å². The van der Waals surface area contributed by atoms with Gasteiger partial charge in [0.25, 0.3) is 0 Å². The van der Waals surface area contributed by atoms with E-state index >= 15 is 0 Å². The molecule has 4 aromatic carbocycles. The van der Waals surface area contributed by atoms with Crippen LogP contribution < -0.4 is 9.47 Å². The predicted octanol–water partition coefficient (Wildman–Crippen LogP) is 9.16. The largest absolute Gasteiger partial charge is 0.490 e. The first-order valence-electron chi connectivity index (χ1n) is 17.8. The lowest BCUT2D eigenvalue weighted by Crippen LogP contribution is -2.53. The van der Waals surface area contributed by atoms with Crippen LogP contribution in [0.1, 0.15) is 11.1 Å². The van der Waals surface area contributed by atoms with E-state index in [0.717, 1.165) is 5.20 Å². The maximum absolute atomic E-state index is 12.9. The number of rotatable bonds is 18. The molecule has 296 valence electrons. The Bertz CT molecular complexity index is 2440. The van der Waals surface area contributed by atoms with E-state index in [-0.39, 0.29) is 26.2 Å². The Morgan fingerprint density at radius 2 is 1.05 bits per heavy atom. The number of benzene rings is 4. The van der Waals surface area contributed by atoms with Gasteiger partial charge in [0.2, 0.25) is 28.0 Å². The summed E-state index contributed by atoms with van der Waals surface area (Å²) in [7, 11) is -15.3. The van der Waals surface area contributed by atoms with Gasteiger partial charge in [0, 0.05) is 0 Å². The number of ether oxygens (including phenoxy) is 2. The molecule has 0 amide bonds. The van der Waals surface area contributed by atoms with Crippen LogP contribution in [0.2, 0.25) is 39.3 Å². The second kappa shape index (κ2) is 18.9. The highest BCUT2D eigenvalue weighted by molar-refractivity contribution is 7.96. The molecule has 0 bridgehead atoms. The molecule has 0 fully saturated rings. The summed E-state index contributed by atoms with van der Waals surface area (Å²) in [5.41, 5.74) is 3.15. The third-order valence-corrected chi connectivity index (χ3v) is 22.7. The molecule has 0 saturated heterocycles. The molecule has 15 heteroatoms. The molecule has 4 aromatic rings. The van der Waals surface area contributed by atoms with Crippen LogP contribution in [0.5, 0.6) is 11.5 Å². The van der Waals surface area contributed by atoms with Crippen LogP contribution in [-0.4, -0.2) is 55.2 Å². The van der Waals surface area contributed by atoms with Gasteiger partial charge in [-0.3, -0.25) is 0 Å². The van der Waals surface area contributed by atoms with Crippen molar-refractivity contribution in [1.82, 2.24) is 0 Å². The third kappa shape index (κ3) is 12.7. The molecular formula is C42H46N2O8S2Si3. The summed E-state index contributed by atoms with van der Waals surface area (Å²) in [5.74, 6) is 1.15. The number of hydrogen-bond acceptors (Lipinski definition) is 10. The van der Waals surface area contributed by atoms with Crippen molar-refractivity contribution >= 4 is 57.0 Å². The molecule has 0 saturated carbocycles. The summed E-state index contributed by atoms with van der Waals surface area (Å²) >= 11 is 0. The van der Waals surface area contributed by atoms with E-state index in [4.69, 9.17) is 17.7 Å². The van der Waals surface area contributed by atoms with Crippen LogP contribution in [0.15, 0.2) is 152 Å². The molecule has 0 aliphatic heterocycles. The van der Waals surface area contributed by atoms with E-state index in [2.05, 4.69) is 38.5 Å². The summed E-state index contributed by atoms with van der Waals surface area (Å²) in [4.78, 5) is -0.581. The average Bonchev–Trinajstić information content (AvgIpc) is 3.17. The van der Waals surface area contributed by atoms with E-state index < -0.39 is 44.9 Å². The summed E-state index contributed by atoms with van der Waals surface area (Å²) < 4.78 is 76.9. The Kier molecular flexibility index (Phi) is 14.8. The number of nitriles is 2. The van der Waals surface area contributed by atoms with Crippen LogP contribution in [-0.2, 0) is 27.9 Å². The molecule has 0 aromatic heterocycles. The lowest BCUT2D eigenvalue weighted by atomic mass is 10.2. The average molecular weight is 855 g/mol. The Labute approximate surface area is 340 Å². The van der Waals surface area contributed by atoms with Crippen LogP contribution in [0.4, 0.5) is 0 Å². The zero-order valence-corrected chi connectivity index (χ0v) is 37.4. The van der Waals surface area contributed by atoms with Gasteiger partial charge >= 0.3 is 8.56 Å². The van der Waals surface area contributed by atoms with Gasteiger partial charge in [-0.2, -0.15) is 10.5 Å². The molecule has 0 N–H and O–H groups in total. The first-order chi connectivity index (χ1) is 26.8.